The van der Waals surface area contributed by atoms with Crippen LogP contribution in [0.2, 0.25) is 0 Å². The third-order valence-electron chi connectivity index (χ3n) is 5.73. The van der Waals surface area contributed by atoms with Gasteiger partial charge in [0.2, 0.25) is 5.91 Å². The number of hydrogen-bond donors (Lipinski definition) is 2. The standard InChI is InChI=1S/C25H29N3O2/c1-16-7-6-8-20(13-16)30-24-15-19(11-12-23(24)26-18(3)29)27-25-14-17(2)21-9-4-5-10-22(21)28-25/h4-10,13-14,19,23-24H,11-12,15H2,1-3H3,(H,26,29)(H,27,28). The molecular formula is C25H29N3O2. The number of fused-ring (bicyclic) bond motifs is 1. The normalized spacial score (nSPS) is 21.2. The van der Waals surface area contributed by atoms with E-state index in [9.17, 15) is 4.79 Å². The van der Waals surface area contributed by atoms with Crippen LogP contribution < -0.4 is 15.4 Å². The zero-order valence-electron chi connectivity index (χ0n) is 17.8. The van der Waals surface area contributed by atoms with E-state index < -0.39 is 0 Å². The number of carbonyl (C=O) groups excluding carboxylic acids is 1. The first-order valence-corrected chi connectivity index (χ1v) is 10.6. The Morgan fingerprint density at radius 3 is 2.70 bits per heavy atom. The van der Waals surface area contributed by atoms with E-state index in [1.165, 1.54) is 10.9 Å². The minimum absolute atomic E-state index is 0.00682. The van der Waals surface area contributed by atoms with E-state index in [0.717, 1.165) is 41.9 Å². The summed E-state index contributed by atoms with van der Waals surface area (Å²) in [7, 11) is 0. The Labute approximate surface area is 177 Å². The lowest BCUT2D eigenvalue weighted by Crippen LogP contribution is -2.51. The Morgan fingerprint density at radius 2 is 1.90 bits per heavy atom. The number of benzene rings is 2. The first kappa shape index (κ1) is 20.2. The summed E-state index contributed by atoms with van der Waals surface area (Å²) in [4.78, 5) is 16.5. The van der Waals surface area contributed by atoms with Crippen molar-refractivity contribution in [1.29, 1.82) is 0 Å². The quantitative estimate of drug-likeness (QED) is 0.644. The molecule has 1 amide bonds. The van der Waals surface area contributed by atoms with Crippen molar-refractivity contribution >= 4 is 22.6 Å². The van der Waals surface area contributed by atoms with Gasteiger partial charge in [0, 0.05) is 24.8 Å². The van der Waals surface area contributed by atoms with Crippen LogP contribution in [0.15, 0.2) is 54.6 Å². The average Bonchev–Trinajstić information content (AvgIpc) is 2.70. The van der Waals surface area contributed by atoms with Crippen molar-refractivity contribution in [3.05, 3.63) is 65.7 Å². The molecule has 3 unspecified atom stereocenters. The minimum atomic E-state index is -0.0940. The first-order valence-electron chi connectivity index (χ1n) is 10.6. The lowest BCUT2D eigenvalue weighted by Gasteiger charge is -2.37. The molecule has 0 saturated heterocycles. The summed E-state index contributed by atoms with van der Waals surface area (Å²) >= 11 is 0. The van der Waals surface area contributed by atoms with Crippen LogP contribution in [0.3, 0.4) is 0 Å². The van der Waals surface area contributed by atoms with Gasteiger partial charge in [0.05, 0.1) is 11.6 Å². The molecule has 1 aliphatic rings. The second-order valence-electron chi connectivity index (χ2n) is 8.28. The summed E-state index contributed by atoms with van der Waals surface area (Å²) in [6.07, 6.45) is 2.52. The monoisotopic (exact) mass is 403 g/mol. The number of nitrogens with zero attached hydrogens (tertiary/aromatic N) is 1. The zero-order valence-corrected chi connectivity index (χ0v) is 17.8. The molecular weight excluding hydrogens is 374 g/mol. The van der Waals surface area contributed by atoms with Crippen molar-refractivity contribution < 1.29 is 9.53 Å². The van der Waals surface area contributed by atoms with Crippen molar-refractivity contribution in [2.45, 2.75) is 58.2 Å². The molecule has 156 valence electrons. The number of pyridine rings is 1. The molecule has 1 heterocycles. The van der Waals surface area contributed by atoms with Crippen LogP contribution in [0.1, 0.15) is 37.3 Å². The number of para-hydroxylation sites is 1. The fraction of sp³-hybridized carbons (Fsp3) is 0.360. The minimum Gasteiger partial charge on any atom is -0.488 e. The second kappa shape index (κ2) is 8.74. The number of aromatic nitrogens is 1. The molecule has 1 saturated carbocycles. The van der Waals surface area contributed by atoms with Gasteiger partial charge >= 0.3 is 0 Å². The maximum atomic E-state index is 11.7. The number of rotatable bonds is 5. The van der Waals surface area contributed by atoms with Crippen LogP contribution in [0.4, 0.5) is 5.82 Å². The highest BCUT2D eigenvalue weighted by Gasteiger charge is 2.33. The summed E-state index contributed by atoms with van der Waals surface area (Å²) in [5.41, 5.74) is 3.37. The predicted molar refractivity (Wildman–Crippen MR) is 121 cm³/mol. The van der Waals surface area contributed by atoms with Crippen LogP contribution in [0.25, 0.3) is 10.9 Å². The number of anilines is 1. The zero-order chi connectivity index (χ0) is 21.1. The molecule has 3 atom stereocenters. The summed E-state index contributed by atoms with van der Waals surface area (Å²) in [6, 6.07) is 18.6. The van der Waals surface area contributed by atoms with Gasteiger partial charge in [-0.15, -0.1) is 0 Å². The molecule has 2 N–H and O–H groups in total. The number of carbonyl (C=O) groups is 1. The van der Waals surface area contributed by atoms with Gasteiger partial charge in [-0.3, -0.25) is 4.79 Å². The third kappa shape index (κ3) is 4.73. The molecule has 1 aromatic heterocycles. The highest BCUT2D eigenvalue weighted by Crippen LogP contribution is 2.28. The van der Waals surface area contributed by atoms with Gasteiger partial charge in [0.25, 0.3) is 0 Å². The SMILES string of the molecule is CC(=O)NC1CCC(Nc2cc(C)c3ccccc3n2)CC1Oc1cccc(C)c1. The van der Waals surface area contributed by atoms with Crippen molar-refractivity contribution in [1.82, 2.24) is 10.3 Å². The molecule has 2 aromatic carbocycles. The Hall–Kier alpha value is -3.08. The van der Waals surface area contributed by atoms with Gasteiger partial charge in [-0.25, -0.2) is 4.98 Å². The maximum absolute atomic E-state index is 11.7. The second-order valence-corrected chi connectivity index (χ2v) is 8.28. The van der Waals surface area contributed by atoms with Gasteiger partial charge in [-0.2, -0.15) is 0 Å². The number of amides is 1. The molecule has 1 aliphatic carbocycles. The highest BCUT2D eigenvalue weighted by atomic mass is 16.5. The Bertz CT molecular complexity index is 1050. The number of ether oxygens (including phenoxy) is 1. The average molecular weight is 404 g/mol. The van der Waals surface area contributed by atoms with E-state index in [4.69, 9.17) is 9.72 Å². The molecule has 0 bridgehead atoms. The fourth-order valence-corrected chi connectivity index (χ4v) is 4.31. The van der Waals surface area contributed by atoms with Gasteiger partial charge in [0.1, 0.15) is 17.7 Å². The Morgan fingerprint density at radius 1 is 1.07 bits per heavy atom. The van der Waals surface area contributed by atoms with Crippen LogP contribution in [-0.2, 0) is 4.79 Å². The topological polar surface area (TPSA) is 63.2 Å². The predicted octanol–water partition coefficient (Wildman–Crippen LogP) is 4.77. The summed E-state index contributed by atoms with van der Waals surface area (Å²) in [5.74, 6) is 1.72. The van der Waals surface area contributed by atoms with Crippen LogP contribution in [0, 0.1) is 13.8 Å². The largest absolute Gasteiger partial charge is 0.488 e. The lowest BCUT2D eigenvalue weighted by atomic mass is 9.88. The molecule has 30 heavy (non-hydrogen) atoms. The van der Waals surface area contributed by atoms with Crippen molar-refractivity contribution in [3.8, 4) is 5.75 Å². The smallest absolute Gasteiger partial charge is 0.217 e. The molecule has 0 spiro atoms. The van der Waals surface area contributed by atoms with Crippen LogP contribution in [0.5, 0.6) is 5.75 Å². The van der Waals surface area contributed by atoms with E-state index in [1.54, 1.807) is 6.92 Å². The van der Waals surface area contributed by atoms with E-state index in [0.29, 0.717) is 0 Å². The van der Waals surface area contributed by atoms with E-state index in [-0.39, 0.29) is 24.1 Å². The van der Waals surface area contributed by atoms with Crippen LogP contribution in [-0.4, -0.2) is 29.1 Å². The van der Waals surface area contributed by atoms with Crippen LogP contribution >= 0.6 is 0 Å². The molecule has 4 rings (SSSR count). The fourth-order valence-electron chi connectivity index (χ4n) is 4.31. The maximum Gasteiger partial charge on any atom is 0.217 e. The number of hydrogen-bond acceptors (Lipinski definition) is 4. The number of nitrogens with one attached hydrogen (secondary N) is 2. The number of aryl methyl sites for hydroxylation is 2. The summed E-state index contributed by atoms with van der Waals surface area (Å²) < 4.78 is 6.34. The summed E-state index contributed by atoms with van der Waals surface area (Å²) in [6.45, 7) is 5.74. The summed E-state index contributed by atoms with van der Waals surface area (Å²) in [5, 5.41) is 7.87. The van der Waals surface area contributed by atoms with Gasteiger partial charge in [-0.1, -0.05) is 30.3 Å². The van der Waals surface area contributed by atoms with Gasteiger partial charge in [-0.05, 0) is 62.1 Å². The van der Waals surface area contributed by atoms with E-state index in [1.807, 2.05) is 36.4 Å². The Balaban J connectivity index is 1.51. The van der Waals surface area contributed by atoms with Gasteiger partial charge < -0.3 is 15.4 Å². The van der Waals surface area contributed by atoms with Crippen molar-refractivity contribution in [2.24, 2.45) is 0 Å². The molecule has 0 aliphatic heterocycles. The molecule has 0 radical (unpaired) electrons. The third-order valence-corrected chi connectivity index (χ3v) is 5.73. The lowest BCUT2D eigenvalue weighted by molar-refractivity contribution is -0.120. The first-order chi connectivity index (χ1) is 14.5. The molecule has 1 fully saturated rings. The van der Waals surface area contributed by atoms with Crippen molar-refractivity contribution in [2.75, 3.05) is 5.32 Å². The molecule has 5 nitrogen and oxygen atoms in total. The Kier molecular flexibility index (Phi) is 5.88. The van der Waals surface area contributed by atoms with E-state index in [2.05, 4.69) is 42.7 Å². The molecule has 3 aromatic rings. The highest BCUT2D eigenvalue weighted by molar-refractivity contribution is 5.83. The van der Waals surface area contributed by atoms with E-state index >= 15 is 0 Å². The molecule has 5 heteroatoms. The van der Waals surface area contributed by atoms with Crippen molar-refractivity contribution in [3.63, 3.8) is 0 Å². The van der Waals surface area contributed by atoms with Gasteiger partial charge in [0.15, 0.2) is 0 Å².